The Kier molecular flexibility index (Phi) is 9.63. The van der Waals surface area contributed by atoms with Gasteiger partial charge in [0.15, 0.2) is 5.78 Å². The Morgan fingerprint density at radius 2 is 1.76 bits per heavy atom. The molecule has 3 aromatic carbocycles. The fraction of sp³-hybridized carbons (Fsp3) is 0.263. The van der Waals surface area contributed by atoms with Crippen LogP contribution in [0.1, 0.15) is 40.9 Å². The number of carbonyl (C=O) groups excluding carboxylic acids is 4. The number of carbonyl (C=O) groups is 4. The third kappa shape index (κ3) is 6.97. The van der Waals surface area contributed by atoms with Gasteiger partial charge < -0.3 is 25.2 Å². The number of urea groups is 1. The summed E-state index contributed by atoms with van der Waals surface area (Å²) in [5.41, 5.74) is 4.64. The van der Waals surface area contributed by atoms with E-state index < -0.39 is 18.2 Å². The summed E-state index contributed by atoms with van der Waals surface area (Å²) in [5.74, 6) is -0.550. The van der Waals surface area contributed by atoms with Crippen LogP contribution in [-0.2, 0) is 29.1 Å². The molecule has 6 rings (SSSR count). The number of para-hydroxylation sites is 1. The Morgan fingerprint density at radius 1 is 1.00 bits per heavy atom. The average molecular weight is 661 g/mol. The first-order chi connectivity index (χ1) is 23.6. The number of fused-ring (bicyclic) bond motifs is 2. The van der Waals surface area contributed by atoms with Gasteiger partial charge in [0, 0.05) is 43.2 Å². The number of nitrogens with zero attached hydrogens (tertiary/aromatic N) is 4. The van der Waals surface area contributed by atoms with E-state index in [-0.39, 0.29) is 62.5 Å². The number of hydrazine groups is 1. The maximum Gasteiger partial charge on any atom is 0.334 e. The summed E-state index contributed by atoms with van der Waals surface area (Å²) >= 11 is 0. The Balaban J connectivity index is 1.37. The van der Waals surface area contributed by atoms with E-state index in [1.165, 1.54) is 0 Å². The number of phenols is 1. The van der Waals surface area contributed by atoms with Crippen molar-refractivity contribution in [3.8, 4) is 5.75 Å². The summed E-state index contributed by atoms with van der Waals surface area (Å²) in [5, 5.41) is 16.8. The zero-order valence-electron chi connectivity index (χ0n) is 27.6. The highest BCUT2D eigenvalue weighted by molar-refractivity contribution is 6.13. The lowest BCUT2D eigenvalue weighted by molar-refractivity contribution is -0.189. The molecule has 2 atom stereocenters. The van der Waals surface area contributed by atoms with Gasteiger partial charge in [0.2, 0.25) is 11.8 Å². The van der Waals surface area contributed by atoms with Gasteiger partial charge in [-0.25, -0.2) is 14.8 Å². The predicted molar refractivity (Wildman–Crippen MR) is 186 cm³/mol. The summed E-state index contributed by atoms with van der Waals surface area (Å²) in [6, 6.07) is 20.4. The number of ketones is 1. The van der Waals surface area contributed by atoms with Crippen LogP contribution in [0, 0.1) is 0 Å². The van der Waals surface area contributed by atoms with Gasteiger partial charge >= 0.3 is 6.03 Å². The van der Waals surface area contributed by atoms with Gasteiger partial charge in [-0.3, -0.25) is 14.4 Å². The first kappa shape index (κ1) is 33.2. The molecule has 3 N–H and O–H groups in total. The van der Waals surface area contributed by atoms with Crippen LogP contribution >= 0.6 is 0 Å². The van der Waals surface area contributed by atoms with Gasteiger partial charge in [-0.05, 0) is 48.7 Å². The minimum Gasteiger partial charge on any atom is -0.508 e. The van der Waals surface area contributed by atoms with Crippen molar-refractivity contribution >= 4 is 34.5 Å². The van der Waals surface area contributed by atoms with Crippen molar-refractivity contribution in [2.75, 3.05) is 19.6 Å². The van der Waals surface area contributed by atoms with Crippen LogP contribution in [0.4, 0.5) is 4.79 Å². The van der Waals surface area contributed by atoms with Crippen molar-refractivity contribution in [3.05, 3.63) is 126 Å². The van der Waals surface area contributed by atoms with Crippen molar-refractivity contribution in [3.63, 3.8) is 0 Å². The van der Waals surface area contributed by atoms with Crippen LogP contribution < -0.4 is 5.32 Å². The van der Waals surface area contributed by atoms with E-state index in [1.807, 2.05) is 62.4 Å². The fourth-order valence-corrected chi connectivity index (χ4v) is 6.65. The van der Waals surface area contributed by atoms with Gasteiger partial charge in [-0.1, -0.05) is 72.3 Å². The summed E-state index contributed by atoms with van der Waals surface area (Å²) in [4.78, 5) is 61.8. The highest BCUT2D eigenvalue weighted by atomic mass is 16.3. The van der Waals surface area contributed by atoms with Gasteiger partial charge in [0.05, 0.1) is 18.6 Å². The standard InChI is InChI=1S/C38H40N6O5/c1-4-17-42-24-35(47)43-32(19-26-13-15-29(45)16-14-26)37(48)41(23-34(43)44(42)38(49)40-20-27-9-6-5-7-10-27)22-28-11-8-12-30-31(21-39-36(28)30)33(46)18-25(2)3/h4-16,18,21,32,34,39,45H,1,17,19-20,22-24H2,2-3H3,(H,40,49). The number of phenolic OH excluding ortho intramolecular Hbond substituents is 1. The molecule has 4 aromatic rings. The summed E-state index contributed by atoms with van der Waals surface area (Å²) in [6.45, 7) is 8.25. The number of aromatic nitrogens is 1. The lowest BCUT2D eigenvalue weighted by Crippen LogP contribution is -2.76. The first-order valence-corrected chi connectivity index (χ1v) is 16.3. The molecule has 2 unspecified atom stereocenters. The molecule has 49 heavy (non-hydrogen) atoms. The van der Waals surface area contributed by atoms with Crippen molar-refractivity contribution in [1.82, 2.24) is 30.1 Å². The third-order valence-electron chi connectivity index (χ3n) is 8.88. The summed E-state index contributed by atoms with van der Waals surface area (Å²) in [7, 11) is 0. The Bertz CT molecular complexity index is 1910. The third-order valence-corrected chi connectivity index (χ3v) is 8.88. The van der Waals surface area contributed by atoms with Crippen LogP contribution in [0.25, 0.3) is 10.9 Å². The number of hydrogen-bond donors (Lipinski definition) is 3. The summed E-state index contributed by atoms with van der Waals surface area (Å²) in [6.07, 6.45) is 4.30. The topological polar surface area (TPSA) is 129 Å². The van der Waals surface area contributed by atoms with Crippen molar-refractivity contribution < 1.29 is 24.3 Å². The second kappa shape index (κ2) is 14.2. The number of rotatable bonds is 10. The van der Waals surface area contributed by atoms with Crippen molar-refractivity contribution in [2.24, 2.45) is 0 Å². The zero-order chi connectivity index (χ0) is 34.7. The number of nitrogens with one attached hydrogen (secondary N) is 2. The molecule has 0 saturated carbocycles. The molecule has 2 aliphatic rings. The predicted octanol–water partition coefficient (Wildman–Crippen LogP) is 4.76. The largest absolute Gasteiger partial charge is 0.508 e. The number of aromatic amines is 1. The second-order valence-electron chi connectivity index (χ2n) is 12.6. The maximum atomic E-state index is 14.4. The summed E-state index contributed by atoms with van der Waals surface area (Å²) < 4.78 is 0. The molecule has 3 heterocycles. The molecule has 0 radical (unpaired) electrons. The van der Waals surface area contributed by atoms with Gasteiger partial charge in [0.25, 0.3) is 0 Å². The number of hydrogen-bond acceptors (Lipinski definition) is 6. The number of allylic oxidation sites excluding steroid dienone is 2. The second-order valence-corrected chi connectivity index (χ2v) is 12.6. The molecule has 1 aromatic heterocycles. The molecule has 4 amide bonds. The Labute approximate surface area is 285 Å². The number of H-pyrrole nitrogens is 1. The van der Waals surface area contributed by atoms with Crippen molar-refractivity contribution in [2.45, 2.75) is 45.6 Å². The molecule has 2 saturated heterocycles. The minimum absolute atomic E-state index is 0.0592. The smallest absolute Gasteiger partial charge is 0.334 e. The molecular formula is C38H40N6O5. The lowest BCUT2D eigenvalue weighted by atomic mass is 9.98. The number of benzene rings is 3. The molecule has 252 valence electrons. The van der Waals surface area contributed by atoms with E-state index in [0.717, 1.165) is 33.2 Å². The first-order valence-electron chi connectivity index (χ1n) is 16.3. The molecule has 11 heteroatoms. The lowest BCUT2D eigenvalue weighted by Gasteiger charge is -2.55. The molecule has 0 aliphatic carbocycles. The number of piperazine rings is 1. The molecule has 0 spiro atoms. The van der Waals surface area contributed by atoms with Gasteiger partial charge in [-0.15, -0.1) is 6.58 Å². The molecule has 2 aliphatic heterocycles. The monoisotopic (exact) mass is 660 g/mol. The number of amides is 4. The van der Waals surface area contributed by atoms with Crippen LogP contribution in [0.15, 0.2) is 103 Å². The van der Waals surface area contributed by atoms with Crippen LogP contribution in [-0.4, -0.2) is 85.4 Å². The van der Waals surface area contributed by atoms with Crippen LogP contribution in [0.2, 0.25) is 0 Å². The molecular weight excluding hydrogens is 620 g/mol. The van der Waals surface area contributed by atoms with E-state index >= 15 is 0 Å². The van der Waals surface area contributed by atoms with Crippen molar-refractivity contribution in [1.29, 1.82) is 0 Å². The van der Waals surface area contributed by atoms with E-state index in [0.29, 0.717) is 5.56 Å². The maximum absolute atomic E-state index is 14.4. The highest BCUT2D eigenvalue weighted by Crippen LogP contribution is 2.31. The Hall–Kier alpha value is -5.68. The SMILES string of the molecule is C=CCN1CC(=O)N2C(Cc3ccc(O)cc3)C(=O)N(Cc3cccc4c(C(=O)C=C(C)C)c[nH]c34)CC2N1C(=O)NCc1ccccc1. The van der Waals surface area contributed by atoms with Gasteiger partial charge in [0.1, 0.15) is 18.0 Å². The molecule has 11 nitrogen and oxygen atoms in total. The van der Waals surface area contributed by atoms with Crippen LogP contribution in [0.5, 0.6) is 5.75 Å². The molecule has 0 bridgehead atoms. The number of aromatic hydroxyl groups is 1. The van der Waals surface area contributed by atoms with E-state index in [4.69, 9.17) is 0 Å². The van der Waals surface area contributed by atoms with E-state index in [1.54, 1.807) is 62.4 Å². The van der Waals surface area contributed by atoms with E-state index in [9.17, 15) is 24.3 Å². The van der Waals surface area contributed by atoms with Gasteiger partial charge in [-0.2, -0.15) is 0 Å². The molecule has 2 fully saturated rings. The average Bonchev–Trinajstić information content (AvgIpc) is 3.52. The minimum atomic E-state index is -0.913. The zero-order valence-corrected chi connectivity index (χ0v) is 27.6. The Morgan fingerprint density at radius 3 is 2.47 bits per heavy atom. The normalized spacial score (nSPS) is 18.0. The quantitative estimate of drug-likeness (QED) is 0.128. The van der Waals surface area contributed by atoms with Crippen LogP contribution in [0.3, 0.4) is 0 Å². The highest BCUT2D eigenvalue weighted by Gasteiger charge is 2.51. The fourth-order valence-electron chi connectivity index (χ4n) is 6.65. The van der Waals surface area contributed by atoms with E-state index in [2.05, 4.69) is 16.9 Å².